The van der Waals surface area contributed by atoms with Gasteiger partial charge in [0.05, 0.1) is 0 Å². The van der Waals surface area contributed by atoms with Crippen molar-refractivity contribution in [3.63, 3.8) is 0 Å². The highest BCUT2D eigenvalue weighted by molar-refractivity contribution is 5.83. The molecule has 1 nitrogen and oxygen atoms in total. The van der Waals surface area contributed by atoms with Gasteiger partial charge in [-0.25, -0.2) is 0 Å². The van der Waals surface area contributed by atoms with Crippen LogP contribution in [-0.4, -0.2) is 12.6 Å². The Kier molecular flexibility index (Phi) is 4.72. The standard InChI is InChI=1S/C20H25N/c1-2-21-20(18-9-4-3-5-10-18)15-16-12-13-17-8-6-7-11-19(17)14-16/h6-9,11-14,20-21H,2-5,10,15H2,1H3. The van der Waals surface area contributed by atoms with Crippen LogP contribution in [0.4, 0.5) is 0 Å². The highest BCUT2D eigenvalue weighted by Crippen LogP contribution is 2.24. The second kappa shape index (κ2) is 6.91. The summed E-state index contributed by atoms with van der Waals surface area (Å²) in [5, 5.41) is 6.36. The molecular weight excluding hydrogens is 254 g/mol. The normalized spacial score (nSPS) is 16.7. The third-order valence-corrected chi connectivity index (χ3v) is 4.48. The highest BCUT2D eigenvalue weighted by atomic mass is 14.9. The lowest BCUT2D eigenvalue weighted by molar-refractivity contribution is 0.541. The molecule has 1 atom stereocenters. The average molecular weight is 279 g/mol. The third-order valence-electron chi connectivity index (χ3n) is 4.48. The molecule has 1 heteroatoms. The van der Waals surface area contributed by atoms with Crippen LogP contribution >= 0.6 is 0 Å². The van der Waals surface area contributed by atoms with Gasteiger partial charge in [-0.1, -0.05) is 61.0 Å². The Morgan fingerprint density at radius 1 is 1.05 bits per heavy atom. The minimum Gasteiger partial charge on any atom is -0.310 e. The number of nitrogens with one attached hydrogen (secondary N) is 1. The Morgan fingerprint density at radius 3 is 2.67 bits per heavy atom. The molecule has 0 radical (unpaired) electrons. The van der Waals surface area contributed by atoms with Gasteiger partial charge in [0, 0.05) is 6.04 Å². The summed E-state index contributed by atoms with van der Waals surface area (Å²) in [5.74, 6) is 0. The molecule has 2 aromatic rings. The number of fused-ring (bicyclic) bond motifs is 1. The zero-order valence-electron chi connectivity index (χ0n) is 12.9. The molecule has 1 aliphatic carbocycles. The van der Waals surface area contributed by atoms with Crippen LogP contribution < -0.4 is 5.32 Å². The maximum atomic E-state index is 3.68. The molecule has 0 bridgehead atoms. The molecule has 1 unspecified atom stereocenters. The minimum atomic E-state index is 0.511. The molecule has 0 heterocycles. The first-order valence-electron chi connectivity index (χ1n) is 8.27. The van der Waals surface area contributed by atoms with Crippen molar-refractivity contribution in [3.8, 4) is 0 Å². The number of allylic oxidation sites excluding steroid dienone is 1. The van der Waals surface area contributed by atoms with Gasteiger partial charge in [0.15, 0.2) is 0 Å². The van der Waals surface area contributed by atoms with E-state index in [4.69, 9.17) is 0 Å². The van der Waals surface area contributed by atoms with Gasteiger partial charge in [-0.15, -0.1) is 0 Å². The van der Waals surface area contributed by atoms with Crippen LogP contribution in [0.3, 0.4) is 0 Å². The van der Waals surface area contributed by atoms with Crippen LogP contribution in [0, 0.1) is 0 Å². The summed E-state index contributed by atoms with van der Waals surface area (Å²) in [6.07, 6.45) is 8.81. The Morgan fingerprint density at radius 2 is 1.90 bits per heavy atom. The molecular formula is C20H25N. The van der Waals surface area contributed by atoms with Crippen LogP contribution in [0.2, 0.25) is 0 Å². The lowest BCUT2D eigenvalue weighted by Crippen LogP contribution is -2.33. The van der Waals surface area contributed by atoms with Crippen molar-refractivity contribution in [2.24, 2.45) is 0 Å². The largest absolute Gasteiger partial charge is 0.310 e. The zero-order valence-corrected chi connectivity index (χ0v) is 12.9. The second-order valence-corrected chi connectivity index (χ2v) is 6.02. The SMILES string of the molecule is CCNC(Cc1ccc2ccccc2c1)C1=CCCCC1. The first-order valence-corrected chi connectivity index (χ1v) is 8.27. The first kappa shape index (κ1) is 14.3. The van der Waals surface area contributed by atoms with Crippen LogP contribution in [0.25, 0.3) is 10.8 Å². The molecule has 0 fully saturated rings. The Balaban J connectivity index is 1.81. The van der Waals surface area contributed by atoms with Crippen LogP contribution in [0.1, 0.15) is 38.2 Å². The van der Waals surface area contributed by atoms with Gasteiger partial charge in [-0.2, -0.15) is 0 Å². The second-order valence-electron chi connectivity index (χ2n) is 6.02. The van der Waals surface area contributed by atoms with E-state index in [2.05, 4.69) is 60.8 Å². The monoisotopic (exact) mass is 279 g/mol. The van der Waals surface area contributed by atoms with E-state index in [0.717, 1.165) is 13.0 Å². The number of hydrogen-bond acceptors (Lipinski definition) is 1. The van der Waals surface area contributed by atoms with E-state index in [-0.39, 0.29) is 0 Å². The maximum absolute atomic E-state index is 3.68. The summed E-state index contributed by atoms with van der Waals surface area (Å²) >= 11 is 0. The smallest absolute Gasteiger partial charge is 0.0319 e. The van der Waals surface area contributed by atoms with Gasteiger partial charge in [0.1, 0.15) is 0 Å². The molecule has 2 aromatic carbocycles. The summed E-state index contributed by atoms with van der Waals surface area (Å²) in [4.78, 5) is 0. The fourth-order valence-electron chi connectivity index (χ4n) is 3.36. The quantitative estimate of drug-likeness (QED) is 0.771. The third kappa shape index (κ3) is 3.54. The molecule has 0 amide bonds. The van der Waals surface area contributed by atoms with Crippen molar-refractivity contribution in [3.05, 3.63) is 59.7 Å². The van der Waals surface area contributed by atoms with E-state index >= 15 is 0 Å². The maximum Gasteiger partial charge on any atom is 0.0319 e. The number of benzene rings is 2. The molecule has 0 aromatic heterocycles. The van der Waals surface area contributed by atoms with E-state index in [9.17, 15) is 0 Å². The van der Waals surface area contributed by atoms with Crippen molar-refractivity contribution in [2.45, 2.75) is 45.1 Å². The number of rotatable bonds is 5. The van der Waals surface area contributed by atoms with Crippen LogP contribution in [-0.2, 0) is 6.42 Å². The number of hydrogen-bond donors (Lipinski definition) is 1. The van der Waals surface area contributed by atoms with E-state index in [1.54, 1.807) is 5.57 Å². The lowest BCUT2D eigenvalue weighted by Gasteiger charge is -2.24. The predicted molar refractivity (Wildman–Crippen MR) is 91.7 cm³/mol. The summed E-state index contributed by atoms with van der Waals surface area (Å²) in [5.41, 5.74) is 3.06. The van der Waals surface area contributed by atoms with Crippen molar-refractivity contribution < 1.29 is 0 Å². The average Bonchev–Trinajstić information content (AvgIpc) is 2.55. The summed E-state index contributed by atoms with van der Waals surface area (Å²) in [6.45, 7) is 3.24. The summed E-state index contributed by atoms with van der Waals surface area (Å²) in [6, 6.07) is 16.0. The molecule has 3 rings (SSSR count). The van der Waals surface area contributed by atoms with Gasteiger partial charge >= 0.3 is 0 Å². The fourth-order valence-corrected chi connectivity index (χ4v) is 3.36. The molecule has 0 aliphatic heterocycles. The molecule has 0 saturated carbocycles. The van der Waals surface area contributed by atoms with Crippen molar-refractivity contribution in [1.29, 1.82) is 0 Å². The molecule has 1 N–H and O–H groups in total. The van der Waals surface area contributed by atoms with Gasteiger partial charge in [-0.3, -0.25) is 0 Å². The van der Waals surface area contributed by atoms with Crippen LogP contribution in [0.5, 0.6) is 0 Å². The highest BCUT2D eigenvalue weighted by Gasteiger charge is 2.15. The molecule has 0 saturated heterocycles. The Labute approximate surface area is 128 Å². The molecule has 21 heavy (non-hydrogen) atoms. The van der Waals surface area contributed by atoms with Crippen molar-refractivity contribution in [2.75, 3.05) is 6.54 Å². The van der Waals surface area contributed by atoms with E-state index < -0.39 is 0 Å². The Bertz CT molecular complexity index is 627. The zero-order chi connectivity index (χ0) is 14.5. The molecule has 110 valence electrons. The van der Waals surface area contributed by atoms with Crippen molar-refractivity contribution in [1.82, 2.24) is 5.32 Å². The fraction of sp³-hybridized carbons (Fsp3) is 0.400. The first-order chi connectivity index (χ1) is 10.4. The summed E-state index contributed by atoms with van der Waals surface area (Å²) < 4.78 is 0. The minimum absolute atomic E-state index is 0.511. The lowest BCUT2D eigenvalue weighted by atomic mass is 9.90. The van der Waals surface area contributed by atoms with Gasteiger partial charge in [0.25, 0.3) is 0 Å². The van der Waals surface area contributed by atoms with E-state index in [1.807, 2.05) is 0 Å². The van der Waals surface area contributed by atoms with Gasteiger partial charge in [0.2, 0.25) is 0 Å². The number of likely N-dealkylation sites (N-methyl/N-ethyl adjacent to an activating group) is 1. The Hall–Kier alpha value is -1.60. The van der Waals surface area contributed by atoms with Gasteiger partial charge < -0.3 is 5.32 Å². The van der Waals surface area contributed by atoms with Crippen LogP contribution in [0.15, 0.2) is 54.1 Å². The summed E-state index contributed by atoms with van der Waals surface area (Å²) in [7, 11) is 0. The molecule has 0 spiro atoms. The molecule has 1 aliphatic rings. The van der Waals surface area contributed by atoms with E-state index in [1.165, 1.54) is 42.0 Å². The predicted octanol–water partition coefficient (Wildman–Crippen LogP) is 4.86. The topological polar surface area (TPSA) is 12.0 Å². The van der Waals surface area contributed by atoms with Crippen molar-refractivity contribution >= 4 is 10.8 Å². The van der Waals surface area contributed by atoms with Gasteiger partial charge in [-0.05, 0) is 55.0 Å². The van der Waals surface area contributed by atoms with E-state index in [0.29, 0.717) is 6.04 Å².